The maximum absolute atomic E-state index is 12.8. The van der Waals surface area contributed by atoms with Crippen LogP contribution in [-0.2, 0) is 6.42 Å². The minimum Gasteiger partial charge on any atom is -0.395 e. The minimum atomic E-state index is -0.624. The zero-order chi connectivity index (χ0) is 16.9. The van der Waals surface area contributed by atoms with Crippen LogP contribution in [0.25, 0.3) is 0 Å². The molecule has 24 heavy (non-hydrogen) atoms. The van der Waals surface area contributed by atoms with Crippen LogP contribution in [0.1, 0.15) is 41.8 Å². The number of nitro groups is 1. The molecule has 6 heteroatoms. The number of nitrogens with zero attached hydrogens (tertiary/aromatic N) is 2. The lowest BCUT2D eigenvalue weighted by molar-refractivity contribution is -0.402. The summed E-state index contributed by atoms with van der Waals surface area (Å²) in [5.41, 5.74) is 1.17. The minimum absolute atomic E-state index is 0.0432. The van der Waals surface area contributed by atoms with Gasteiger partial charge in [-0.3, -0.25) is 14.9 Å². The van der Waals surface area contributed by atoms with Gasteiger partial charge in [0.1, 0.15) is 4.92 Å². The maximum atomic E-state index is 12.8. The van der Waals surface area contributed by atoms with Gasteiger partial charge in [0.25, 0.3) is 5.91 Å². The van der Waals surface area contributed by atoms with Crippen molar-refractivity contribution in [2.24, 2.45) is 0 Å². The van der Waals surface area contributed by atoms with Crippen molar-refractivity contribution in [2.45, 2.75) is 38.1 Å². The van der Waals surface area contributed by atoms with E-state index in [-0.39, 0.29) is 17.7 Å². The van der Waals surface area contributed by atoms with E-state index in [0.29, 0.717) is 6.54 Å². The lowest BCUT2D eigenvalue weighted by Crippen LogP contribution is -2.40. The highest BCUT2D eigenvalue weighted by atomic mass is 16.6. The molecule has 0 N–H and O–H groups in total. The molecule has 0 unspecified atom stereocenters. The highest BCUT2D eigenvalue weighted by Gasteiger charge is 2.29. The number of carbonyl (C=O) groups is 1. The van der Waals surface area contributed by atoms with E-state index in [2.05, 4.69) is 0 Å². The number of benzene rings is 1. The van der Waals surface area contributed by atoms with E-state index in [4.69, 9.17) is 4.42 Å². The molecule has 1 heterocycles. The fourth-order valence-electron chi connectivity index (χ4n) is 3.24. The van der Waals surface area contributed by atoms with E-state index < -0.39 is 10.8 Å². The van der Waals surface area contributed by atoms with Crippen molar-refractivity contribution in [1.82, 2.24) is 4.90 Å². The fraction of sp³-hybridized carbons (Fsp3) is 0.389. The quantitative estimate of drug-likeness (QED) is 0.597. The average Bonchev–Trinajstić information content (AvgIpc) is 3.28. The van der Waals surface area contributed by atoms with E-state index in [1.807, 2.05) is 35.2 Å². The Kier molecular flexibility index (Phi) is 4.93. The molecular formula is C18H20N2O4. The first-order valence-electron chi connectivity index (χ1n) is 8.24. The zero-order valence-electron chi connectivity index (χ0n) is 13.4. The van der Waals surface area contributed by atoms with E-state index >= 15 is 0 Å². The molecule has 6 nitrogen and oxygen atoms in total. The smallest absolute Gasteiger partial charge is 0.395 e. The molecule has 1 aromatic heterocycles. The number of amides is 1. The first kappa shape index (κ1) is 16.2. The SMILES string of the molecule is O=C(c1ccc([N+](=O)[O-])o1)N(CCc1ccccc1)C1CCCC1. The first-order chi connectivity index (χ1) is 11.6. The Bertz CT molecular complexity index is 705. The molecule has 0 spiro atoms. The van der Waals surface area contributed by atoms with Crippen LogP contribution in [0.2, 0.25) is 0 Å². The summed E-state index contributed by atoms with van der Waals surface area (Å²) in [6, 6.07) is 12.8. The zero-order valence-corrected chi connectivity index (χ0v) is 13.4. The molecule has 1 aliphatic rings. The second-order valence-corrected chi connectivity index (χ2v) is 6.07. The predicted molar refractivity (Wildman–Crippen MR) is 88.8 cm³/mol. The Balaban J connectivity index is 1.75. The molecule has 1 amide bonds. The van der Waals surface area contributed by atoms with Gasteiger partial charge < -0.3 is 9.32 Å². The van der Waals surface area contributed by atoms with Gasteiger partial charge in [0, 0.05) is 12.6 Å². The Morgan fingerprint density at radius 2 is 1.88 bits per heavy atom. The van der Waals surface area contributed by atoms with Crippen LogP contribution in [0.4, 0.5) is 5.88 Å². The Morgan fingerprint density at radius 1 is 1.17 bits per heavy atom. The molecule has 0 saturated heterocycles. The third kappa shape index (κ3) is 3.64. The van der Waals surface area contributed by atoms with Crippen molar-refractivity contribution in [3.05, 3.63) is 63.9 Å². The van der Waals surface area contributed by atoms with Crippen molar-refractivity contribution in [3.63, 3.8) is 0 Å². The van der Waals surface area contributed by atoms with Crippen LogP contribution in [-0.4, -0.2) is 28.3 Å². The standard InChI is InChI=1S/C18H20N2O4/c21-18(16-10-11-17(24-16)20(22)23)19(15-8-4-5-9-15)13-12-14-6-2-1-3-7-14/h1-3,6-7,10-11,15H,4-5,8-9,12-13H2. The van der Waals surface area contributed by atoms with Gasteiger partial charge in [-0.2, -0.15) is 0 Å². The molecule has 0 radical (unpaired) electrons. The fourth-order valence-corrected chi connectivity index (χ4v) is 3.24. The predicted octanol–water partition coefficient (Wildman–Crippen LogP) is 3.82. The normalized spacial score (nSPS) is 14.7. The summed E-state index contributed by atoms with van der Waals surface area (Å²) in [5, 5.41) is 10.8. The molecule has 0 aliphatic heterocycles. The number of hydrogen-bond donors (Lipinski definition) is 0. The summed E-state index contributed by atoms with van der Waals surface area (Å²) in [7, 11) is 0. The lowest BCUT2D eigenvalue weighted by atomic mass is 10.1. The summed E-state index contributed by atoms with van der Waals surface area (Å²) in [6.07, 6.45) is 4.93. The summed E-state index contributed by atoms with van der Waals surface area (Å²) < 4.78 is 5.11. The van der Waals surface area contributed by atoms with Crippen LogP contribution in [0, 0.1) is 10.1 Å². The van der Waals surface area contributed by atoms with Crippen molar-refractivity contribution < 1.29 is 14.1 Å². The first-order valence-corrected chi connectivity index (χ1v) is 8.24. The van der Waals surface area contributed by atoms with Gasteiger partial charge in [-0.1, -0.05) is 43.2 Å². The van der Waals surface area contributed by atoms with E-state index in [9.17, 15) is 14.9 Å². The van der Waals surface area contributed by atoms with Crippen LogP contribution < -0.4 is 0 Å². The monoisotopic (exact) mass is 328 g/mol. The highest BCUT2D eigenvalue weighted by Crippen LogP contribution is 2.26. The molecule has 0 bridgehead atoms. The Morgan fingerprint density at radius 3 is 2.50 bits per heavy atom. The second kappa shape index (κ2) is 7.29. The summed E-state index contributed by atoms with van der Waals surface area (Å²) in [4.78, 5) is 24.8. The summed E-state index contributed by atoms with van der Waals surface area (Å²) in [5.74, 6) is -0.611. The van der Waals surface area contributed by atoms with Crippen molar-refractivity contribution >= 4 is 11.8 Å². The van der Waals surface area contributed by atoms with Crippen LogP contribution >= 0.6 is 0 Å². The molecule has 1 aromatic carbocycles. The molecule has 1 aliphatic carbocycles. The average molecular weight is 328 g/mol. The van der Waals surface area contributed by atoms with Gasteiger partial charge in [0.05, 0.1) is 6.07 Å². The van der Waals surface area contributed by atoms with Gasteiger partial charge in [-0.05, 0) is 30.9 Å². The third-order valence-electron chi connectivity index (χ3n) is 4.49. The van der Waals surface area contributed by atoms with Gasteiger partial charge >= 0.3 is 5.88 Å². The summed E-state index contributed by atoms with van der Waals surface area (Å²) in [6.45, 7) is 0.585. The third-order valence-corrected chi connectivity index (χ3v) is 4.49. The van der Waals surface area contributed by atoms with Crippen molar-refractivity contribution in [1.29, 1.82) is 0 Å². The summed E-state index contributed by atoms with van der Waals surface area (Å²) >= 11 is 0. The molecule has 1 saturated carbocycles. The number of rotatable bonds is 6. The number of furan rings is 1. The van der Waals surface area contributed by atoms with Gasteiger partial charge in [0.15, 0.2) is 5.76 Å². The molecule has 2 aromatic rings. The topological polar surface area (TPSA) is 76.6 Å². The van der Waals surface area contributed by atoms with Crippen LogP contribution in [0.15, 0.2) is 46.9 Å². The Labute approximate surface area is 140 Å². The van der Waals surface area contributed by atoms with Gasteiger partial charge in [-0.25, -0.2) is 0 Å². The number of hydrogen-bond acceptors (Lipinski definition) is 4. The Hall–Kier alpha value is -2.63. The lowest BCUT2D eigenvalue weighted by Gasteiger charge is -2.28. The van der Waals surface area contributed by atoms with Crippen LogP contribution in [0.3, 0.4) is 0 Å². The van der Waals surface area contributed by atoms with E-state index in [1.54, 1.807) is 0 Å². The van der Waals surface area contributed by atoms with Gasteiger partial charge in [0.2, 0.25) is 0 Å². The van der Waals surface area contributed by atoms with Gasteiger partial charge in [-0.15, -0.1) is 0 Å². The largest absolute Gasteiger partial charge is 0.433 e. The molecule has 0 atom stereocenters. The number of carbonyl (C=O) groups excluding carboxylic acids is 1. The second-order valence-electron chi connectivity index (χ2n) is 6.07. The molecular weight excluding hydrogens is 308 g/mol. The molecule has 126 valence electrons. The highest BCUT2D eigenvalue weighted by molar-refractivity contribution is 5.92. The maximum Gasteiger partial charge on any atom is 0.433 e. The van der Waals surface area contributed by atoms with Crippen molar-refractivity contribution in [2.75, 3.05) is 6.54 Å². The molecule has 3 rings (SSSR count). The van der Waals surface area contributed by atoms with Crippen LogP contribution in [0.5, 0.6) is 0 Å². The molecule has 1 fully saturated rings. The van der Waals surface area contributed by atoms with Crippen molar-refractivity contribution in [3.8, 4) is 0 Å². The van der Waals surface area contributed by atoms with E-state index in [0.717, 1.165) is 32.1 Å². The van der Waals surface area contributed by atoms with E-state index in [1.165, 1.54) is 17.7 Å².